The lowest BCUT2D eigenvalue weighted by Crippen LogP contribution is -2.42. The molecular formula is C15H26O9. The fraction of sp³-hybridized carbons (Fsp3) is 0.800. The zero-order valence-corrected chi connectivity index (χ0v) is 14.3. The Balaban J connectivity index is 5.14. The average molecular weight is 350 g/mol. The van der Waals surface area contributed by atoms with Crippen molar-refractivity contribution in [3.63, 3.8) is 0 Å². The molecule has 3 N–H and O–H groups in total. The standard InChI is InChI=1S/C15H26O9/c1-5-6-11(23-14(20)9(3)17)12(24-15(21)10(4)18)7-22-13(19)8(2)16/h8-12,16-18H,5-7H2,1-4H3. The Labute approximate surface area is 140 Å². The minimum atomic E-state index is -1.42. The summed E-state index contributed by atoms with van der Waals surface area (Å²) in [6.45, 7) is 4.93. The molecule has 0 aliphatic carbocycles. The topological polar surface area (TPSA) is 140 Å². The van der Waals surface area contributed by atoms with E-state index in [0.717, 1.165) is 0 Å². The monoisotopic (exact) mass is 350 g/mol. The molecule has 0 saturated carbocycles. The second-order valence-corrected chi connectivity index (χ2v) is 5.40. The lowest BCUT2D eigenvalue weighted by atomic mass is 10.1. The summed E-state index contributed by atoms with van der Waals surface area (Å²) >= 11 is 0. The lowest BCUT2D eigenvalue weighted by molar-refractivity contribution is -0.185. The lowest BCUT2D eigenvalue weighted by Gasteiger charge is -2.27. The highest BCUT2D eigenvalue weighted by atomic mass is 16.6. The van der Waals surface area contributed by atoms with E-state index in [-0.39, 0.29) is 6.42 Å². The van der Waals surface area contributed by atoms with E-state index in [2.05, 4.69) is 0 Å². The molecule has 140 valence electrons. The fourth-order valence-electron chi connectivity index (χ4n) is 1.60. The van der Waals surface area contributed by atoms with E-state index in [1.807, 2.05) is 0 Å². The molecule has 0 aromatic heterocycles. The van der Waals surface area contributed by atoms with Crippen LogP contribution in [-0.2, 0) is 28.6 Å². The SMILES string of the molecule is CCCC(OC(=O)C(C)O)C(COC(=O)C(C)O)OC(=O)C(C)O. The van der Waals surface area contributed by atoms with E-state index in [9.17, 15) is 24.6 Å². The van der Waals surface area contributed by atoms with Crippen LogP contribution in [0.2, 0.25) is 0 Å². The Morgan fingerprint density at radius 3 is 1.58 bits per heavy atom. The Bertz CT molecular complexity index is 417. The zero-order valence-electron chi connectivity index (χ0n) is 14.3. The molecule has 9 heteroatoms. The first-order valence-corrected chi connectivity index (χ1v) is 7.71. The molecule has 0 aliphatic rings. The Hall–Kier alpha value is -1.71. The molecule has 0 rings (SSSR count). The van der Waals surface area contributed by atoms with Gasteiger partial charge in [0.1, 0.15) is 31.0 Å². The predicted molar refractivity (Wildman–Crippen MR) is 80.7 cm³/mol. The Morgan fingerprint density at radius 2 is 1.21 bits per heavy atom. The largest absolute Gasteiger partial charge is 0.460 e. The van der Waals surface area contributed by atoms with Gasteiger partial charge in [0, 0.05) is 0 Å². The van der Waals surface area contributed by atoms with Gasteiger partial charge in [-0.1, -0.05) is 13.3 Å². The first kappa shape index (κ1) is 22.3. The van der Waals surface area contributed by atoms with E-state index >= 15 is 0 Å². The normalized spacial score (nSPS) is 17.1. The molecule has 0 saturated heterocycles. The quantitative estimate of drug-likeness (QED) is 0.344. The van der Waals surface area contributed by atoms with Crippen molar-refractivity contribution in [2.75, 3.05) is 6.61 Å². The van der Waals surface area contributed by atoms with Crippen LogP contribution in [0.15, 0.2) is 0 Å². The van der Waals surface area contributed by atoms with Crippen molar-refractivity contribution in [2.24, 2.45) is 0 Å². The van der Waals surface area contributed by atoms with Crippen molar-refractivity contribution in [3.05, 3.63) is 0 Å². The fourth-order valence-corrected chi connectivity index (χ4v) is 1.60. The molecule has 5 unspecified atom stereocenters. The first-order chi connectivity index (χ1) is 11.1. The number of rotatable bonds is 10. The van der Waals surface area contributed by atoms with Gasteiger partial charge in [0.15, 0.2) is 6.10 Å². The molecule has 0 bridgehead atoms. The maximum absolute atomic E-state index is 11.6. The van der Waals surface area contributed by atoms with Gasteiger partial charge in [0.25, 0.3) is 0 Å². The number of carbonyl (C=O) groups is 3. The second kappa shape index (κ2) is 11.0. The molecule has 9 nitrogen and oxygen atoms in total. The van der Waals surface area contributed by atoms with Crippen LogP contribution in [0.1, 0.15) is 40.5 Å². The summed E-state index contributed by atoms with van der Waals surface area (Å²) < 4.78 is 14.9. The van der Waals surface area contributed by atoms with E-state index in [4.69, 9.17) is 19.3 Å². The van der Waals surface area contributed by atoms with Gasteiger partial charge in [-0.15, -0.1) is 0 Å². The maximum Gasteiger partial charge on any atom is 0.335 e. The van der Waals surface area contributed by atoms with E-state index in [1.165, 1.54) is 20.8 Å². The van der Waals surface area contributed by atoms with Crippen molar-refractivity contribution >= 4 is 17.9 Å². The number of esters is 3. The van der Waals surface area contributed by atoms with E-state index < -0.39 is 55.0 Å². The van der Waals surface area contributed by atoms with Crippen molar-refractivity contribution in [3.8, 4) is 0 Å². The number of hydrogen-bond acceptors (Lipinski definition) is 9. The van der Waals surface area contributed by atoms with Gasteiger partial charge < -0.3 is 29.5 Å². The van der Waals surface area contributed by atoms with Crippen LogP contribution in [0.4, 0.5) is 0 Å². The van der Waals surface area contributed by atoms with Gasteiger partial charge in [-0.2, -0.15) is 0 Å². The number of carbonyl (C=O) groups excluding carboxylic acids is 3. The first-order valence-electron chi connectivity index (χ1n) is 7.71. The predicted octanol–water partition coefficient (Wildman–Crippen LogP) is -0.704. The van der Waals surface area contributed by atoms with Gasteiger partial charge in [0.2, 0.25) is 0 Å². The summed E-state index contributed by atoms with van der Waals surface area (Å²) in [6, 6.07) is 0. The number of hydrogen-bond donors (Lipinski definition) is 3. The highest BCUT2D eigenvalue weighted by Crippen LogP contribution is 2.14. The van der Waals surface area contributed by atoms with Crippen LogP contribution in [0, 0.1) is 0 Å². The van der Waals surface area contributed by atoms with Crippen molar-refractivity contribution in [1.82, 2.24) is 0 Å². The van der Waals surface area contributed by atoms with Gasteiger partial charge in [-0.25, -0.2) is 14.4 Å². The van der Waals surface area contributed by atoms with Crippen LogP contribution in [0.25, 0.3) is 0 Å². The summed E-state index contributed by atoms with van der Waals surface area (Å²) in [7, 11) is 0. The second-order valence-electron chi connectivity index (χ2n) is 5.40. The van der Waals surface area contributed by atoms with Crippen LogP contribution < -0.4 is 0 Å². The average Bonchev–Trinajstić information content (AvgIpc) is 2.49. The molecular weight excluding hydrogens is 324 g/mol. The van der Waals surface area contributed by atoms with Crippen molar-refractivity contribution < 1.29 is 43.9 Å². The Morgan fingerprint density at radius 1 is 0.792 bits per heavy atom. The summed E-state index contributed by atoms with van der Waals surface area (Å²) in [5, 5.41) is 27.6. The molecule has 0 aliphatic heterocycles. The molecule has 0 heterocycles. The van der Waals surface area contributed by atoms with Crippen LogP contribution in [0.5, 0.6) is 0 Å². The molecule has 0 radical (unpaired) electrons. The van der Waals surface area contributed by atoms with Gasteiger partial charge in [-0.05, 0) is 27.2 Å². The molecule has 0 fully saturated rings. The van der Waals surface area contributed by atoms with Gasteiger partial charge in [0.05, 0.1) is 0 Å². The van der Waals surface area contributed by atoms with Gasteiger partial charge in [-0.3, -0.25) is 0 Å². The third-order valence-electron chi connectivity index (χ3n) is 2.94. The minimum Gasteiger partial charge on any atom is -0.460 e. The molecule has 24 heavy (non-hydrogen) atoms. The summed E-state index contributed by atoms with van der Waals surface area (Å²) in [6.07, 6.45) is -5.53. The number of aliphatic hydroxyl groups is 3. The molecule has 0 aromatic carbocycles. The third-order valence-corrected chi connectivity index (χ3v) is 2.94. The van der Waals surface area contributed by atoms with Crippen molar-refractivity contribution in [2.45, 2.75) is 71.1 Å². The summed E-state index contributed by atoms with van der Waals surface area (Å²) in [4.78, 5) is 34.6. The maximum atomic E-state index is 11.6. The summed E-state index contributed by atoms with van der Waals surface area (Å²) in [5.41, 5.74) is 0. The third kappa shape index (κ3) is 8.23. The van der Waals surface area contributed by atoms with Gasteiger partial charge >= 0.3 is 17.9 Å². The van der Waals surface area contributed by atoms with Crippen LogP contribution in [-0.4, -0.2) is 70.4 Å². The molecule has 0 spiro atoms. The molecule has 0 amide bonds. The zero-order chi connectivity index (χ0) is 18.9. The number of ether oxygens (including phenoxy) is 3. The highest BCUT2D eigenvalue weighted by Gasteiger charge is 2.32. The smallest absolute Gasteiger partial charge is 0.335 e. The van der Waals surface area contributed by atoms with Crippen molar-refractivity contribution in [1.29, 1.82) is 0 Å². The molecule has 0 aromatic rings. The Kier molecular flexibility index (Phi) is 10.2. The highest BCUT2D eigenvalue weighted by molar-refractivity contribution is 5.75. The molecule has 5 atom stereocenters. The minimum absolute atomic E-state index is 0.266. The van der Waals surface area contributed by atoms with E-state index in [1.54, 1.807) is 6.92 Å². The number of aliphatic hydroxyl groups excluding tert-OH is 3. The van der Waals surface area contributed by atoms with Crippen LogP contribution >= 0.6 is 0 Å². The summed E-state index contributed by atoms with van der Waals surface area (Å²) in [5.74, 6) is -2.85. The van der Waals surface area contributed by atoms with Crippen LogP contribution in [0.3, 0.4) is 0 Å². The van der Waals surface area contributed by atoms with E-state index in [0.29, 0.717) is 6.42 Å².